The summed E-state index contributed by atoms with van der Waals surface area (Å²) in [5.41, 5.74) is 0.613. The van der Waals surface area contributed by atoms with Crippen LogP contribution in [0.3, 0.4) is 0 Å². The summed E-state index contributed by atoms with van der Waals surface area (Å²) in [5, 5.41) is 18.0. The van der Waals surface area contributed by atoms with E-state index in [4.69, 9.17) is 24.1 Å². The van der Waals surface area contributed by atoms with Gasteiger partial charge in [-0.15, -0.1) is 0 Å². The molecule has 3 saturated heterocycles. The highest BCUT2D eigenvalue weighted by Crippen LogP contribution is 2.89. The van der Waals surface area contributed by atoms with E-state index in [9.17, 15) is 5.11 Å². The first-order valence-corrected chi connectivity index (χ1v) is 21.9. The number of nitrogens with zero attached hydrogens (tertiary/aromatic N) is 2. The lowest BCUT2D eigenvalue weighted by Crippen LogP contribution is -2.57. The number of hydrogen-bond acceptors (Lipinski definition) is 8. The SMILES string of the molecule is CC.CCO[C@@H](C1CCC2C(CC3C4CC[C@H]5C(C)(C)[C@@H](OC6CN([C@@H](C)CN7CCC7)CCO6)CCC56[C@@H](C)[C@@]46CC[C@]23C)O1)C(C)(C)O.CO. The van der Waals surface area contributed by atoms with E-state index in [0.29, 0.717) is 40.9 Å². The second-order valence-electron chi connectivity index (χ2n) is 19.6. The largest absolute Gasteiger partial charge is 0.400 e. The maximum Gasteiger partial charge on any atom is 0.170 e. The molecule has 5 saturated carbocycles. The Morgan fingerprint density at radius 2 is 1.62 bits per heavy atom. The summed E-state index contributed by atoms with van der Waals surface area (Å²) in [5.74, 6) is 3.76. The Balaban J connectivity index is 0.00000112. The summed E-state index contributed by atoms with van der Waals surface area (Å²) >= 11 is 0. The van der Waals surface area contributed by atoms with E-state index in [2.05, 4.69) is 44.4 Å². The van der Waals surface area contributed by atoms with Crippen LogP contribution in [0.4, 0.5) is 0 Å². The number of morpholine rings is 1. The molecular formula is C44H80N2O6. The van der Waals surface area contributed by atoms with Crippen molar-refractivity contribution in [1.29, 1.82) is 0 Å². The van der Waals surface area contributed by atoms with Crippen LogP contribution in [0.15, 0.2) is 0 Å². The zero-order valence-corrected chi connectivity index (χ0v) is 35.3. The number of rotatable bonds is 9. The molecule has 5 aliphatic carbocycles. The van der Waals surface area contributed by atoms with Gasteiger partial charge in [-0.05, 0) is 156 Å². The van der Waals surface area contributed by atoms with Crippen LogP contribution in [0.5, 0.6) is 0 Å². The van der Waals surface area contributed by atoms with Gasteiger partial charge in [-0.25, -0.2) is 0 Å². The molecule has 0 bridgehead atoms. The molecule has 8 rings (SSSR count). The number of aliphatic hydroxyl groups is 2. The third-order valence-corrected chi connectivity index (χ3v) is 17.1. The summed E-state index contributed by atoms with van der Waals surface area (Å²) in [4.78, 5) is 5.22. The summed E-state index contributed by atoms with van der Waals surface area (Å²) in [6, 6.07) is 0.561. The molecule has 0 aromatic carbocycles. The standard InChI is InChI=1S/C41H70N2O5.C2H6.CH4O/c1-9-45-36(38(6,7)44)31-13-11-29-32(47-31)23-30-28-12-14-33-37(4,5)34(15-16-41(33)27(3)40(28,41)18-17-39(29,30)8)48-35-25-43(21-22-46-35)26(2)24-42-19-10-20-42;2*1-2/h26-36,44H,9-25H2,1-8H3;1-2H3;2H,1H3/t26-,27-,28?,29?,30?,31?,32?,33-,34-,35?,36-,39+,40-,41?;;/m0../s1. The minimum atomic E-state index is -0.898. The van der Waals surface area contributed by atoms with E-state index < -0.39 is 5.60 Å². The topological polar surface area (TPSA) is 83.9 Å². The molecule has 8 aliphatic rings. The Hall–Kier alpha value is -0.320. The molecule has 7 unspecified atom stereocenters. The third-order valence-electron chi connectivity index (χ3n) is 17.1. The summed E-state index contributed by atoms with van der Waals surface area (Å²) < 4.78 is 26.5. The molecule has 3 aliphatic heterocycles. The van der Waals surface area contributed by atoms with Gasteiger partial charge in [0.2, 0.25) is 0 Å². The molecule has 8 heteroatoms. The molecule has 2 spiro atoms. The highest BCUT2D eigenvalue weighted by molar-refractivity contribution is 5.32. The van der Waals surface area contributed by atoms with Crippen LogP contribution in [0.1, 0.15) is 133 Å². The van der Waals surface area contributed by atoms with Crippen LogP contribution in [0, 0.1) is 51.2 Å². The third kappa shape index (κ3) is 6.49. The summed E-state index contributed by atoms with van der Waals surface area (Å²) in [6.45, 7) is 29.7. The molecule has 52 heavy (non-hydrogen) atoms. The lowest BCUT2D eigenvalue weighted by Gasteiger charge is -2.60. The van der Waals surface area contributed by atoms with Crippen molar-refractivity contribution in [2.75, 3.05) is 53.0 Å². The maximum atomic E-state index is 11.0. The molecule has 0 radical (unpaired) electrons. The van der Waals surface area contributed by atoms with Crippen molar-refractivity contribution in [3.05, 3.63) is 0 Å². The van der Waals surface area contributed by atoms with Gasteiger partial charge >= 0.3 is 0 Å². The average molecular weight is 733 g/mol. The zero-order chi connectivity index (χ0) is 37.9. The van der Waals surface area contributed by atoms with Crippen LogP contribution in [-0.4, -0.2) is 115 Å². The monoisotopic (exact) mass is 733 g/mol. The normalized spacial score (nSPS) is 46.2. The molecule has 8 nitrogen and oxygen atoms in total. The van der Waals surface area contributed by atoms with Crippen molar-refractivity contribution < 1.29 is 29.2 Å². The molecule has 302 valence electrons. The predicted octanol–water partition coefficient (Wildman–Crippen LogP) is 7.39. The minimum Gasteiger partial charge on any atom is -0.400 e. The maximum absolute atomic E-state index is 11.0. The smallest absolute Gasteiger partial charge is 0.170 e. The van der Waals surface area contributed by atoms with Crippen molar-refractivity contribution in [1.82, 2.24) is 9.80 Å². The fraction of sp³-hybridized carbons (Fsp3) is 1.00. The number of fused-ring (bicyclic) bond motifs is 4. The van der Waals surface area contributed by atoms with Gasteiger partial charge in [0.15, 0.2) is 6.29 Å². The number of hydrogen-bond donors (Lipinski definition) is 2. The van der Waals surface area contributed by atoms with Crippen molar-refractivity contribution in [3.8, 4) is 0 Å². The zero-order valence-electron chi connectivity index (χ0n) is 35.3. The Kier molecular flexibility index (Phi) is 12.4. The number of likely N-dealkylation sites (tertiary alicyclic amines) is 1. The first-order valence-electron chi connectivity index (χ1n) is 21.9. The van der Waals surface area contributed by atoms with Gasteiger partial charge in [0.05, 0.1) is 30.5 Å². The second-order valence-corrected chi connectivity index (χ2v) is 19.6. The molecule has 2 N–H and O–H groups in total. The quantitative estimate of drug-likeness (QED) is 0.254. The summed E-state index contributed by atoms with van der Waals surface area (Å²) in [7, 11) is 1.00. The van der Waals surface area contributed by atoms with Gasteiger partial charge in [0.1, 0.15) is 6.10 Å². The molecule has 14 atom stereocenters. The first kappa shape index (κ1) is 41.3. The Morgan fingerprint density at radius 1 is 0.904 bits per heavy atom. The molecule has 0 amide bonds. The van der Waals surface area contributed by atoms with E-state index in [0.717, 1.165) is 56.9 Å². The van der Waals surface area contributed by atoms with E-state index in [1.54, 1.807) is 0 Å². The highest BCUT2D eigenvalue weighted by atomic mass is 16.7. The van der Waals surface area contributed by atoms with E-state index >= 15 is 0 Å². The summed E-state index contributed by atoms with van der Waals surface area (Å²) in [6.07, 6.45) is 13.0. The Morgan fingerprint density at radius 3 is 2.27 bits per heavy atom. The van der Waals surface area contributed by atoms with Gasteiger partial charge in [0, 0.05) is 39.4 Å². The Bertz CT molecular complexity index is 1190. The number of ether oxygens (including phenoxy) is 4. The molecular weight excluding hydrogens is 652 g/mol. The lowest BCUT2D eigenvalue weighted by molar-refractivity contribution is -0.248. The second kappa shape index (κ2) is 15.6. The first-order chi connectivity index (χ1) is 24.8. The highest BCUT2D eigenvalue weighted by Gasteiger charge is 2.84. The van der Waals surface area contributed by atoms with E-state index in [1.807, 2.05) is 34.6 Å². The molecule has 0 aromatic rings. The van der Waals surface area contributed by atoms with Gasteiger partial charge < -0.3 is 34.1 Å². The Labute approximate surface area is 318 Å². The van der Waals surface area contributed by atoms with Crippen LogP contribution < -0.4 is 0 Å². The fourth-order valence-corrected chi connectivity index (χ4v) is 14.8. The minimum absolute atomic E-state index is 0.00845. The fourth-order valence-electron chi connectivity index (χ4n) is 14.8. The number of aliphatic hydroxyl groups excluding tert-OH is 1. The van der Waals surface area contributed by atoms with Crippen molar-refractivity contribution >= 4 is 0 Å². The average Bonchev–Trinajstić information content (AvgIpc) is 3.49. The van der Waals surface area contributed by atoms with Crippen LogP contribution in [-0.2, 0) is 18.9 Å². The molecule has 0 aromatic heterocycles. The van der Waals surface area contributed by atoms with Crippen LogP contribution >= 0.6 is 0 Å². The predicted molar refractivity (Wildman–Crippen MR) is 208 cm³/mol. The van der Waals surface area contributed by atoms with Gasteiger partial charge in [-0.2, -0.15) is 0 Å². The van der Waals surface area contributed by atoms with E-state index in [-0.39, 0.29) is 30.0 Å². The van der Waals surface area contributed by atoms with E-state index in [1.165, 1.54) is 77.4 Å². The van der Waals surface area contributed by atoms with Crippen molar-refractivity contribution in [3.63, 3.8) is 0 Å². The van der Waals surface area contributed by atoms with Gasteiger partial charge in [-0.1, -0.05) is 41.5 Å². The van der Waals surface area contributed by atoms with Crippen molar-refractivity contribution in [2.45, 2.75) is 176 Å². The van der Waals surface area contributed by atoms with Gasteiger partial charge in [-0.3, -0.25) is 4.90 Å². The van der Waals surface area contributed by atoms with Gasteiger partial charge in [0.25, 0.3) is 0 Å². The molecule has 8 fully saturated rings. The van der Waals surface area contributed by atoms with Crippen molar-refractivity contribution in [2.24, 2.45) is 51.2 Å². The lowest BCUT2D eigenvalue weighted by atomic mass is 9.46. The van der Waals surface area contributed by atoms with Crippen LogP contribution in [0.2, 0.25) is 0 Å². The molecule has 3 heterocycles. The van der Waals surface area contributed by atoms with Crippen LogP contribution in [0.25, 0.3) is 0 Å².